The number of aliphatic hydroxyl groups excluding tert-OH is 1. The monoisotopic (exact) mass is 474 g/mol. The van der Waals surface area contributed by atoms with Gasteiger partial charge in [0.05, 0.1) is 41.2 Å². The SMILES string of the molecule is C=C(CC[C@H]1O[C@]1(C)CC[C@H]1OC1(C)C)[C@@H]1CC[C@@H]2[C@@]3(C)CC[C@@H](O)C(C)(C)O[C@@H]3CC[C@]21C. The van der Waals surface area contributed by atoms with E-state index in [9.17, 15) is 5.11 Å². The molecule has 0 aromatic rings. The Bertz CT molecular complexity index is 819. The van der Waals surface area contributed by atoms with Gasteiger partial charge in [0.1, 0.15) is 0 Å². The molecular formula is C30H50O4. The van der Waals surface area contributed by atoms with Gasteiger partial charge in [-0.05, 0) is 121 Å². The first kappa shape index (κ1) is 25.2. The first-order valence-electron chi connectivity index (χ1n) is 14.1. The summed E-state index contributed by atoms with van der Waals surface area (Å²) in [7, 11) is 0. The molecule has 4 heteroatoms. The molecule has 194 valence electrons. The van der Waals surface area contributed by atoms with Crippen molar-refractivity contribution >= 4 is 0 Å². The Morgan fingerprint density at radius 2 is 1.47 bits per heavy atom. The lowest BCUT2D eigenvalue weighted by Crippen LogP contribution is -2.53. The van der Waals surface area contributed by atoms with Crippen molar-refractivity contribution in [1.29, 1.82) is 0 Å². The van der Waals surface area contributed by atoms with Crippen molar-refractivity contribution < 1.29 is 19.3 Å². The predicted octanol–water partition coefficient (Wildman–Crippen LogP) is 6.59. The summed E-state index contributed by atoms with van der Waals surface area (Å²) in [5.41, 5.74) is 1.57. The highest BCUT2D eigenvalue weighted by Gasteiger charge is 2.61. The first-order valence-corrected chi connectivity index (χ1v) is 14.1. The van der Waals surface area contributed by atoms with Crippen LogP contribution in [0.5, 0.6) is 0 Å². The summed E-state index contributed by atoms with van der Waals surface area (Å²) in [6, 6.07) is 0. The highest BCUT2D eigenvalue weighted by Crippen LogP contribution is 2.66. The smallest absolute Gasteiger partial charge is 0.0921 e. The highest BCUT2D eigenvalue weighted by molar-refractivity contribution is 5.18. The molecule has 34 heavy (non-hydrogen) atoms. The molecule has 0 bridgehead atoms. The van der Waals surface area contributed by atoms with Crippen LogP contribution in [0.4, 0.5) is 0 Å². The minimum absolute atomic E-state index is 0.0429. The van der Waals surface area contributed by atoms with Gasteiger partial charge in [0, 0.05) is 0 Å². The van der Waals surface area contributed by atoms with E-state index in [1.165, 1.54) is 24.8 Å². The highest BCUT2D eigenvalue weighted by atomic mass is 16.6. The predicted molar refractivity (Wildman–Crippen MR) is 136 cm³/mol. The Morgan fingerprint density at radius 3 is 2.15 bits per heavy atom. The average molecular weight is 475 g/mol. The van der Waals surface area contributed by atoms with Crippen LogP contribution in [-0.2, 0) is 14.2 Å². The number of allylic oxidation sites excluding steroid dienone is 1. The lowest BCUT2D eigenvalue weighted by Gasteiger charge is -2.55. The Hall–Kier alpha value is -0.420. The average Bonchev–Trinajstić information content (AvgIpc) is 3.55. The molecule has 5 rings (SSSR count). The van der Waals surface area contributed by atoms with E-state index in [2.05, 4.69) is 55.0 Å². The Labute approximate surface area is 208 Å². The van der Waals surface area contributed by atoms with Crippen molar-refractivity contribution in [3.05, 3.63) is 12.2 Å². The summed E-state index contributed by atoms with van der Waals surface area (Å²) in [6.45, 7) is 20.5. The van der Waals surface area contributed by atoms with E-state index in [0.29, 0.717) is 29.5 Å². The zero-order valence-electron chi connectivity index (χ0n) is 22.9. The fourth-order valence-electron chi connectivity index (χ4n) is 8.63. The van der Waals surface area contributed by atoms with E-state index < -0.39 is 5.60 Å². The van der Waals surface area contributed by atoms with Crippen LogP contribution in [0.3, 0.4) is 0 Å². The molecule has 3 aliphatic heterocycles. The summed E-state index contributed by atoms with van der Waals surface area (Å²) in [5, 5.41) is 10.7. The number of aliphatic hydroxyl groups is 1. The van der Waals surface area contributed by atoms with E-state index in [0.717, 1.165) is 44.9 Å². The molecule has 0 spiro atoms. The summed E-state index contributed by atoms with van der Waals surface area (Å²) >= 11 is 0. The maximum Gasteiger partial charge on any atom is 0.0921 e. The van der Waals surface area contributed by atoms with Gasteiger partial charge in [-0.2, -0.15) is 0 Å². The number of hydrogen-bond donors (Lipinski definition) is 1. The molecule has 5 fully saturated rings. The third-order valence-electron chi connectivity index (χ3n) is 11.3. The number of rotatable bonds is 7. The second-order valence-corrected chi connectivity index (χ2v) is 14.4. The van der Waals surface area contributed by atoms with E-state index >= 15 is 0 Å². The largest absolute Gasteiger partial charge is 0.390 e. The minimum atomic E-state index is -0.448. The molecule has 5 aliphatic rings. The molecule has 0 unspecified atom stereocenters. The minimum Gasteiger partial charge on any atom is -0.390 e. The van der Waals surface area contributed by atoms with Crippen LogP contribution in [0.2, 0.25) is 0 Å². The molecule has 0 radical (unpaired) electrons. The van der Waals surface area contributed by atoms with Crippen molar-refractivity contribution in [1.82, 2.24) is 0 Å². The third kappa shape index (κ3) is 4.13. The van der Waals surface area contributed by atoms with E-state index in [-0.39, 0.29) is 28.8 Å². The summed E-state index contributed by atoms with van der Waals surface area (Å²) in [6.07, 6.45) is 11.8. The molecule has 0 aromatic heterocycles. The molecule has 1 N–H and O–H groups in total. The van der Waals surface area contributed by atoms with Crippen molar-refractivity contribution in [2.45, 2.75) is 154 Å². The van der Waals surface area contributed by atoms with Gasteiger partial charge in [0.2, 0.25) is 0 Å². The second-order valence-electron chi connectivity index (χ2n) is 14.4. The van der Waals surface area contributed by atoms with Crippen LogP contribution in [0, 0.1) is 22.7 Å². The van der Waals surface area contributed by atoms with Gasteiger partial charge >= 0.3 is 0 Å². The normalized spacial score (nSPS) is 50.7. The number of epoxide rings is 2. The van der Waals surface area contributed by atoms with Crippen LogP contribution in [0.25, 0.3) is 0 Å². The fraction of sp³-hybridized carbons (Fsp3) is 0.933. The van der Waals surface area contributed by atoms with Gasteiger partial charge < -0.3 is 19.3 Å². The molecule has 3 heterocycles. The zero-order valence-corrected chi connectivity index (χ0v) is 22.9. The Kier molecular flexibility index (Phi) is 5.97. The van der Waals surface area contributed by atoms with Crippen LogP contribution in [-0.4, -0.2) is 46.3 Å². The van der Waals surface area contributed by atoms with E-state index in [1.54, 1.807) is 0 Å². The quantitative estimate of drug-likeness (QED) is 0.334. The maximum atomic E-state index is 10.7. The van der Waals surface area contributed by atoms with Crippen molar-refractivity contribution in [3.63, 3.8) is 0 Å². The van der Waals surface area contributed by atoms with Gasteiger partial charge in [0.25, 0.3) is 0 Å². The molecular weight excluding hydrogens is 424 g/mol. The number of hydrogen-bond acceptors (Lipinski definition) is 4. The lowest BCUT2D eigenvalue weighted by molar-refractivity contribution is -0.186. The first-order chi connectivity index (χ1) is 15.7. The zero-order chi connectivity index (χ0) is 24.7. The summed E-state index contributed by atoms with van der Waals surface area (Å²) in [5.74, 6) is 1.24. The van der Waals surface area contributed by atoms with E-state index in [1.807, 2.05) is 0 Å². The van der Waals surface area contributed by atoms with Gasteiger partial charge in [-0.1, -0.05) is 26.0 Å². The van der Waals surface area contributed by atoms with Gasteiger partial charge in [-0.15, -0.1) is 0 Å². The Balaban J connectivity index is 1.18. The van der Waals surface area contributed by atoms with Crippen LogP contribution >= 0.6 is 0 Å². The Morgan fingerprint density at radius 1 is 0.794 bits per heavy atom. The van der Waals surface area contributed by atoms with Crippen LogP contribution in [0.15, 0.2) is 12.2 Å². The van der Waals surface area contributed by atoms with Gasteiger partial charge in [-0.3, -0.25) is 0 Å². The van der Waals surface area contributed by atoms with Gasteiger partial charge in [-0.25, -0.2) is 0 Å². The van der Waals surface area contributed by atoms with Crippen molar-refractivity contribution in [2.24, 2.45) is 22.7 Å². The van der Waals surface area contributed by atoms with Crippen molar-refractivity contribution in [2.75, 3.05) is 0 Å². The molecule has 2 saturated carbocycles. The van der Waals surface area contributed by atoms with E-state index in [4.69, 9.17) is 14.2 Å². The van der Waals surface area contributed by atoms with Gasteiger partial charge in [0.15, 0.2) is 0 Å². The summed E-state index contributed by atoms with van der Waals surface area (Å²) < 4.78 is 18.6. The topological polar surface area (TPSA) is 54.5 Å². The number of ether oxygens (including phenoxy) is 3. The standard InChI is InChI=1S/C30H50O4/c1-19(9-12-25-30(8,34-25)18-15-23-27(4,5)32-23)20-10-11-21-28(20,6)17-14-24-29(21,7)16-13-22(31)26(2,3)33-24/h20-25,31H,1,9-18H2,2-8H3/t20-,21-,22+,23+,24+,25+,28-,29+,30+/m0/s1. The molecule has 9 atom stereocenters. The fourth-order valence-corrected chi connectivity index (χ4v) is 8.63. The number of fused-ring (bicyclic) bond motifs is 3. The molecule has 0 aromatic carbocycles. The molecule has 3 saturated heterocycles. The van der Waals surface area contributed by atoms with Crippen LogP contribution < -0.4 is 0 Å². The molecule has 0 amide bonds. The van der Waals surface area contributed by atoms with Crippen molar-refractivity contribution in [3.8, 4) is 0 Å². The third-order valence-corrected chi connectivity index (χ3v) is 11.3. The lowest BCUT2D eigenvalue weighted by atomic mass is 9.52. The molecule has 2 aliphatic carbocycles. The summed E-state index contributed by atoms with van der Waals surface area (Å²) in [4.78, 5) is 0. The molecule has 4 nitrogen and oxygen atoms in total. The second kappa shape index (κ2) is 8.04. The maximum absolute atomic E-state index is 10.7. The van der Waals surface area contributed by atoms with Crippen LogP contribution in [0.1, 0.15) is 113 Å².